The molecule has 0 spiro atoms. The number of carbonyl (C=O) groups is 2. The van der Waals surface area contributed by atoms with Crippen molar-refractivity contribution in [2.75, 3.05) is 6.54 Å². The molecule has 6 N–H and O–H groups in total. The predicted molar refractivity (Wildman–Crippen MR) is 56.7 cm³/mol. The van der Waals surface area contributed by atoms with E-state index >= 15 is 0 Å². The summed E-state index contributed by atoms with van der Waals surface area (Å²) < 4.78 is 0. The number of aliphatic imine (C=N–C) groups is 1. The third kappa shape index (κ3) is 7.59. The highest BCUT2D eigenvalue weighted by Gasteiger charge is 2.13. The first-order chi connectivity index (χ1) is 7.07. The Morgan fingerprint density at radius 2 is 2.20 bits per heavy atom. The Morgan fingerprint density at radius 1 is 1.53 bits per heavy atom. The largest absolute Gasteiger partial charge is 0.320 e. The zero-order valence-electron chi connectivity index (χ0n) is 8.69. The first-order valence-electron chi connectivity index (χ1n) is 4.59. The molecule has 0 aliphatic carbocycles. The number of nitrogens with two attached hydrogens (primary N) is 2. The Morgan fingerprint density at radius 3 is 2.73 bits per heavy atom. The quantitative estimate of drug-likeness (QED) is 0.137. The summed E-state index contributed by atoms with van der Waals surface area (Å²) in [5.41, 5.74) is 7.78. The molecule has 15 heavy (non-hydrogen) atoms. The molecular weight excluding hydrogens is 198 g/mol. The second-order valence-corrected chi connectivity index (χ2v) is 3.00. The van der Waals surface area contributed by atoms with E-state index < -0.39 is 17.9 Å². The minimum absolute atomic E-state index is 0.402. The molecule has 0 aromatic heterocycles. The van der Waals surface area contributed by atoms with Crippen LogP contribution in [0.3, 0.4) is 0 Å². The molecule has 7 heteroatoms. The number of hydrogen-bond acceptors (Lipinski definition) is 5. The van der Waals surface area contributed by atoms with Crippen LogP contribution in [-0.2, 0) is 9.59 Å². The van der Waals surface area contributed by atoms with E-state index in [2.05, 4.69) is 15.7 Å². The van der Waals surface area contributed by atoms with Gasteiger partial charge in [0.25, 0.3) is 0 Å². The maximum absolute atomic E-state index is 11.1. The first kappa shape index (κ1) is 13.5. The minimum Gasteiger partial charge on any atom is -0.320 e. The summed E-state index contributed by atoms with van der Waals surface area (Å²) in [6.45, 7) is 1.80. The fourth-order valence-corrected chi connectivity index (χ4v) is 0.917. The molecule has 0 aliphatic heterocycles. The molecule has 0 unspecified atom stereocenters. The maximum atomic E-state index is 11.1. The minimum atomic E-state index is -0.671. The molecule has 0 radical (unpaired) electrons. The number of amides is 2. The van der Waals surface area contributed by atoms with Crippen LogP contribution in [0.25, 0.3) is 0 Å². The van der Waals surface area contributed by atoms with E-state index in [1.807, 2.05) is 0 Å². The molecule has 86 valence electrons. The molecule has 0 aromatic rings. The van der Waals surface area contributed by atoms with Crippen molar-refractivity contribution in [3.63, 3.8) is 0 Å². The molecule has 0 saturated carbocycles. The van der Waals surface area contributed by atoms with Crippen LogP contribution in [0.15, 0.2) is 4.99 Å². The van der Waals surface area contributed by atoms with Gasteiger partial charge >= 0.3 is 0 Å². The summed E-state index contributed by atoms with van der Waals surface area (Å²) in [6, 6.07) is -0.671. The fraction of sp³-hybridized carbons (Fsp3) is 0.625. The zero-order valence-corrected chi connectivity index (χ0v) is 8.69. The van der Waals surface area contributed by atoms with Gasteiger partial charge in [-0.1, -0.05) is 0 Å². The molecule has 0 aliphatic rings. The van der Waals surface area contributed by atoms with Gasteiger partial charge in [0, 0.05) is 13.5 Å². The molecule has 0 saturated heterocycles. The summed E-state index contributed by atoms with van der Waals surface area (Å²) in [4.78, 5) is 25.6. The monoisotopic (exact) mass is 215 g/mol. The van der Waals surface area contributed by atoms with E-state index in [0.717, 1.165) is 0 Å². The summed E-state index contributed by atoms with van der Waals surface area (Å²) in [5.74, 6) is 4.09. The Labute approximate surface area is 88.3 Å². The first-order valence-corrected chi connectivity index (χ1v) is 4.59. The standard InChI is InChI=1S/C8H17N5O2/c1-6(14)13-8(15)7(9)3-2-4-11-5-12-10/h5,7H,2-4,9-10H2,1H3,(H,11,12)(H,13,14,15)/t7-/m0/s1. The predicted octanol–water partition coefficient (Wildman–Crippen LogP) is -1.75. The normalized spacial score (nSPS) is 12.5. The smallest absolute Gasteiger partial charge is 0.243 e. The van der Waals surface area contributed by atoms with E-state index in [4.69, 9.17) is 11.6 Å². The molecular formula is C8H17N5O2. The molecule has 0 aromatic carbocycles. The molecule has 0 bridgehead atoms. The van der Waals surface area contributed by atoms with Crippen LogP contribution in [0.4, 0.5) is 0 Å². The molecule has 0 heterocycles. The summed E-state index contributed by atoms with van der Waals surface area (Å²) in [6.07, 6.45) is 2.49. The van der Waals surface area contributed by atoms with Crippen molar-refractivity contribution >= 4 is 18.2 Å². The third-order valence-corrected chi connectivity index (χ3v) is 1.60. The average molecular weight is 215 g/mol. The molecule has 7 nitrogen and oxygen atoms in total. The van der Waals surface area contributed by atoms with Crippen LogP contribution in [0.1, 0.15) is 19.8 Å². The van der Waals surface area contributed by atoms with Gasteiger partial charge in [-0.2, -0.15) is 0 Å². The highest BCUT2D eigenvalue weighted by Crippen LogP contribution is 1.94. The lowest BCUT2D eigenvalue weighted by Crippen LogP contribution is -2.42. The highest BCUT2D eigenvalue weighted by atomic mass is 16.2. The van der Waals surface area contributed by atoms with E-state index in [1.165, 1.54) is 13.3 Å². The Hall–Kier alpha value is -1.47. The SMILES string of the molecule is CC(=O)NC(=O)[C@@H](N)CCCN=CNN. The van der Waals surface area contributed by atoms with Crippen LogP contribution in [0.2, 0.25) is 0 Å². The van der Waals surface area contributed by atoms with Crippen LogP contribution >= 0.6 is 0 Å². The van der Waals surface area contributed by atoms with Gasteiger partial charge in [0.1, 0.15) is 0 Å². The summed E-state index contributed by atoms with van der Waals surface area (Å²) in [7, 11) is 0. The molecule has 2 amide bonds. The number of nitrogens with one attached hydrogen (secondary N) is 2. The summed E-state index contributed by atoms with van der Waals surface area (Å²) >= 11 is 0. The fourth-order valence-electron chi connectivity index (χ4n) is 0.917. The summed E-state index contributed by atoms with van der Waals surface area (Å²) in [5, 5.41) is 2.12. The number of nitrogens with zero attached hydrogens (tertiary/aromatic N) is 1. The lowest BCUT2D eigenvalue weighted by molar-refractivity contribution is -0.130. The highest BCUT2D eigenvalue weighted by molar-refractivity contribution is 5.96. The van der Waals surface area contributed by atoms with E-state index in [1.54, 1.807) is 0 Å². The molecule has 0 fully saturated rings. The van der Waals surface area contributed by atoms with Crippen molar-refractivity contribution in [3.8, 4) is 0 Å². The van der Waals surface area contributed by atoms with Gasteiger partial charge in [-0.25, -0.2) is 5.84 Å². The topological polar surface area (TPSA) is 123 Å². The Bertz CT molecular complexity index is 241. The van der Waals surface area contributed by atoms with Crippen molar-refractivity contribution in [1.29, 1.82) is 0 Å². The number of imide groups is 1. The maximum Gasteiger partial charge on any atom is 0.243 e. The lowest BCUT2D eigenvalue weighted by atomic mass is 10.1. The van der Waals surface area contributed by atoms with Gasteiger partial charge in [-0.05, 0) is 12.8 Å². The van der Waals surface area contributed by atoms with Gasteiger partial charge < -0.3 is 11.2 Å². The number of rotatable bonds is 6. The lowest BCUT2D eigenvalue weighted by Gasteiger charge is -2.08. The van der Waals surface area contributed by atoms with E-state index in [9.17, 15) is 9.59 Å². The second-order valence-electron chi connectivity index (χ2n) is 3.00. The van der Waals surface area contributed by atoms with Gasteiger partial charge in [0.15, 0.2) is 0 Å². The average Bonchev–Trinajstić information content (AvgIpc) is 2.16. The third-order valence-electron chi connectivity index (χ3n) is 1.60. The van der Waals surface area contributed by atoms with Crippen molar-refractivity contribution in [2.45, 2.75) is 25.8 Å². The van der Waals surface area contributed by atoms with Gasteiger partial charge in [-0.3, -0.25) is 19.9 Å². The van der Waals surface area contributed by atoms with Crippen LogP contribution < -0.4 is 22.3 Å². The van der Waals surface area contributed by atoms with Gasteiger partial charge in [0.05, 0.1) is 12.4 Å². The van der Waals surface area contributed by atoms with Crippen molar-refractivity contribution < 1.29 is 9.59 Å². The number of carbonyl (C=O) groups excluding carboxylic acids is 2. The van der Waals surface area contributed by atoms with Crippen LogP contribution in [0.5, 0.6) is 0 Å². The zero-order chi connectivity index (χ0) is 11.7. The molecule has 1 atom stereocenters. The van der Waals surface area contributed by atoms with Gasteiger partial charge in [0.2, 0.25) is 11.8 Å². The second kappa shape index (κ2) is 7.89. The molecule has 0 rings (SSSR count). The Kier molecular flexibility index (Phi) is 7.12. The Balaban J connectivity index is 3.64. The van der Waals surface area contributed by atoms with Crippen LogP contribution in [-0.4, -0.2) is 30.7 Å². The van der Waals surface area contributed by atoms with Crippen molar-refractivity contribution in [2.24, 2.45) is 16.6 Å². The van der Waals surface area contributed by atoms with Gasteiger partial charge in [-0.15, -0.1) is 0 Å². The van der Waals surface area contributed by atoms with Crippen molar-refractivity contribution in [1.82, 2.24) is 10.7 Å². The van der Waals surface area contributed by atoms with E-state index in [-0.39, 0.29) is 0 Å². The van der Waals surface area contributed by atoms with Crippen LogP contribution in [0, 0.1) is 0 Å². The number of hydrazine groups is 1. The number of hydrogen-bond donors (Lipinski definition) is 4. The van der Waals surface area contributed by atoms with Crippen molar-refractivity contribution in [3.05, 3.63) is 0 Å². The van der Waals surface area contributed by atoms with E-state index in [0.29, 0.717) is 19.4 Å².